The molecule has 2 unspecified atom stereocenters. The van der Waals surface area contributed by atoms with Crippen LogP contribution in [0.1, 0.15) is 51.5 Å². The fourth-order valence-corrected chi connectivity index (χ4v) is 4.38. The number of sulfonamides is 1. The van der Waals surface area contributed by atoms with Gasteiger partial charge in [0.2, 0.25) is 0 Å². The molecule has 1 fully saturated rings. The summed E-state index contributed by atoms with van der Waals surface area (Å²) >= 11 is 0. The highest BCUT2D eigenvalue weighted by Gasteiger charge is 2.28. The van der Waals surface area contributed by atoms with Crippen LogP contribution in [-0.4, -0.2) is 31.2 Å². The van der Waals surface area contributed by atoms with Crippen molar-refractivity contribution < 1.29 is 8.42 Å². The average molecular weight is 314 g/mol. The van der Waals surface area contributed by atoms with Crippen LogP contribution in [0, 0.1) is 5.92 Å². The normalized spacial score (nSPS) is 23.3. The van der Waals surface area contributed by atoms with Crippen LogP contribution in [-0.2, 0) is 16.6 Å². The van der Waals surface area contributed by atoms with Crippen molar-refractivity contribution >= 4 is 10.0 Å². The van der Waals surface area contributed by atoms with Crippen LogP contribution < -0.4 is 10.0 Å². The molecular formula is C14H26N4O2S. The molecule has 1 aliphatic rings. The predicted octanol–water partition coefficient (Wildman–Crippen LogP) is 1.77. The second-order valence-corrected chi connectivity index (χ2v) is 7.41. The highest BCUT2D eigenvalue weighted by atomic mass is 32.2. The van der Waals surface area contributed by atoms with Crippen molar-refractivity contribution in [3.8, 4) is 0 Å². The molecule has 2 rings (SSSR count). The lowest BCUT2D eigenvalue weighted by Gasteiger charge is -2.28. The van der Waals surface area contributed by atoms with Crippen LogP contribution in [0.4, 0.5) is 0 Å². The number of nitrogens with zero attached hydrogens (tertiary/aromatic N) is 1. The Morgan fingerprint density at radius 2 is 2.19 bits per heavy atom. The Morgan fingerprint density at radius 3 is 2.90 bits per heavy atom. The van der Waals surface area contributed by atoms with Gasteiger partial charge in [0.05, 0.1) is 6.20 Å². The van der Waals surface area contributed by atoms with Crippen molar-refractivity contribution in [2.75, 3.05) is 6.54 Å². The SMILES string of the molecule is CCNCc1cn[nH]c1S(=O)(=O)NC1CCCC(CC)C1. The van der Waals surface area contributed by atoms with Gasteiger partial charge in [0.25, 0.3) is 10.0 Å². The fraction of sp³-hybridized carbons (Fsp3) is 0.786. The molecule has 0 aromatic carbocycles. The van der Waals surface area contributed by atoms with Gasteiger partial charge in [-0.05, 0) is 25.3 Å². The summed E-state index contributed by atoms with van der Waals surface area (Å²) in [6.07, 6.45) is 6.86. The molecule has 7 heteroatoms. The zero-order chi connectivity index (χ0) is 15.3. The van der Waals surface area contributed by atoms with Gasteiger partial charge in [0.1, 0.15) is 0 Å². The molecule has 0 radical (unpaired) electrons. The number of H-pyrrole nitrogens is 1. The van der Waals surface area contributed by atoms with Gasteiger partial charge in [0.15, 0.2) is 5.03 Å². The Bertz CT molecular complexity index is 541. The predicted molar refractivity (Wildman–Crippen MR) is 82.3 cm³/mol. The van der Waals surface area contributed by atoms with E-state index in [0.29, 0.717) is 18.0 Å². The highest BCUT2D eigenvalue weighted by molar-refractivity contribution is 7.89. The second-order valence-electron chi connectivity index (χ2n) is 5.76. The van der Waals surface area contributed by atoms with Gasteiger partial charge >= 0.3 is 0 Å². The lowest BCUT2D eigenvalue weighted by Crippen LogP contribution is -2.38. The molecule has 1 aromatic heterocycles. The maximum Gasteiger partial charge on any atom is 0.258 e. The first kappa shape index (κ1) is 16.5. The van der Waals surface area contributed by atoms with Crippen molar-refractivity contribution in [3.05, 3.63) is 11.8 Å². The van der Waals surface area contributed by atoms with E-state index < -0.39 is 10.0 Å². The van der Waals surface area contributed by atoms with Crippen LogP contribution in [0.5, 0.6) is 0 Å². The van der Waals surface area contributed by atoms with Gasteiger partial charge in [-0.3, -0.25) is 5.10 Å². The van der Waals surface area contributed by atoms with Crippen molar-refractivity contribution in [2.45, 2.75) is 63.6 Å². The third kappa shape index (κ3) is 4.28. The maximum atomic E-state index is 12.5. The molecule has 1 aromatic rings. The van der Waals surface area contributed by atoms with Gasteiger partial charge in [0, 0.05) is 18.2 Å². The van der Waals surface area contributed by atoms with E-state index in [1.54, 1.807) is 6.20 Å². The van der Waals surface area contributed by atoms with Gasteiger partial charge < -0.3 is 5.32 Å². The van der Waals surface area contributed by atoms with Crippen LogP contribution >= 0.6 is 0 Å². The van der Waals surface area contributed by atoms with E-state index in [0.717, 1.165) is 32.2 Å². The molecule has 0 aliphatic heterocycles. The summed E-state index contributed by atoms with van der Waals surface area (Å²) in [5.41, 5.74) is 0.687. The first-order valence-corrected chi connectivity index (χ1v) is 9.30. The summed E-state index contributed by atoms with van der Waals surface area (Å²) in [5.74, 6) is 0.634. The first-order valence-electron chi connectivity index (χ1n) is 7.82. The Morgan fingerprint density at radius 1 is 1.38 bits per heavy atom. The summed E-state index contributed by atoms with van der Waals surface area (Å²) in [6.45, 7) is 5.45. The lowest BCUT2D eigenvalue weighted by molar-refractivity contribution is 0.301. The molecule has 3 N–H and O–H groups in total. The quantitative estimate of drug-likeness (QED) is 0.716. The van der Waals surface area contributed by atoms with Crippen LogP contribution in [0.25, 0.3) is 0 Å². The molecule has 1 heterocycles. The minimum absolute atomic E-state index is 0.0454. The summed E-state index contributed by atoms with van der Waals surface area (Å²) in [5, 5.41) is 9.84. The van der Waals surface area contributed by atoms with Crippen molar-refractivity contribution in [3.63, 3.8) is 0 Å². The molecule has 1 saturated carbocycles. The maximum absolute atomic E-state index is 12.5. The van der Waals surface area contributed by atoms with Gasteiger partial charge in [-0.25, -0.2) is 13.1 Å². The summed E-state index contributed by atoms with van der Waals surface area (Å²) in [4.78, 5) is 0. The molecule has 0 spiro atoms. The second kappa shape index (κ2) is 7.38. The first-order chi connectivity index (χ1) is 10.1. The van der Waals surface area contributed by atoms with Gasteiger partial charge in [-0.1, -0.05) is 33.1 Å². The summed E-state index contributed by atoms with van der Waals surface area (Å²) in [7, 11) is -3.52. The molecule has 1 aliphatic carbocycles. The third-order valence-electron chi connectivity index (χ3n) is 4.19. The third-order valence-corrected chi connectivity index (χ3v) is 5.73. The summed E-state index contributed by atoms with van der Waals surface area (Å²) in [6, 6.07) is 0.0454. The Labute approximate surface area is 127 Å². The number of nitrogens with one attached hydrogen (secondary N) is 3. The molecule has 2 atom stereocenters. The van der Waals surface area contributed by atoms with E-state index in [1.807, 2.05) is 6.92 Å². The van der Waals surface area contributed by atoms with Crippen molar-refractivity contribution in [2.24, 2.45) is 5.92 Å². The monoisotopic (exact) mass is 314 g/mol. The van der Waals surface area contributed by atoms with E-state index >= 15 is 0 Å². The number of hydrogen-bond donors (Lipinski definition) is 3. The molecule has 0 bridgehead atoms. The van der Waals surface area contributed by atoms with E-state index in [-0.39, 0.29) is 11.1 Å². The Kier molecular flexibility index (Phi) is 5.78. The standard InChI is InChI=1S/C14H26N4O2S/c1-3-11-6-5-7-13(8-11)18-21(19,20)14-12(9-15-4-2)10-16-17-14/h10-11,13,15,18H,3-9H2,1-2H3,(H,16,17). The Balaban J connectivity index is 2.06. The van der Waals surface area contributed by atoms with Crippen LogP contribution in [0.3, 0.4) is 0 Å². The van der Waals surface area contributed by atoms with E-state index in [9.17, 15) is 8.42 Å². The fourth-order valence-electron chi connectivity index (χ4n) is 2.96. The van der Waals surface area contributed by atoms with Crippen LogP contribution in [0.15, 0.2) is 11.2 Å². The Hall–Kier alpha value is -0.920. The van der Waals surface area contributed by atoms with Gasteiger partial charge in [-0.15, -0.1) is 0 Å². The van der Waals surface area contributed by atoms with Crippen molar-refractivity contribution in [1.82, 2.24) is 20.2 Å². The van der Waals surface area contributed by atoms with E-state index in [4.69, 9.17) is 0 Å². The molecular weight excluding hydrogens is 288 g/mol. The zero-order valence-corrected chi connectivity index (χ0v) is 13.7. The molecule has 21 heavy (non-hydrogen) atoms. The molecule has 0 amide bonds. The zero-order valence-electron chi connectivity index (χ0n) is 12.9. The van der Waals surface area contributed by atoms with E-state index in [2.05, 4.69) is 27.2 Å². The minimum atomic E-state index is -3.52. The van der Waals surface area contributed by atoms with Crippen LogP contribution in [0.2, 0.25) is 0 Å². The highest BCUT2D eigenvalue weighted by Crippen LogP contribution is 2.27. The summed E-state index contributed by atoms with van der Waals surface area (Å²) < 4.78 is 27.9. The smallest absolute Gasteiger partial charge is 0.258 e. The van der Waals surface area contributed by atoms with E-state index in [1.165, 1.54) is 6.42 Å². The minimum Gasteiger partial charge on any atom is -0.313 e. The lowest BCUT2D eigenvalue weighted by atomic mass is 9.85. The average Bonchev–Trinajstić information content (AvgIpc) is 2.94. The number of rotatable bonds is 7. The number of hydrogen-bond acceptors (Lipinski definition) is 4. The topological polar surface area (TPSA) is 86.9 Å². The number of aromatic amines is 1. The van der Waals surface area contributed by atoms with Gasteiger partial charge in [-0.2, -0.15) is 5.10 Å². The largest absolute Gasteiger partial charge is 0.313 e. The van der Waals surface area contributed by atoms with Crippen molar-refractivity contribution in [1.29, 1.82) is 0 Å². The molecule has 6 nitrogen and oxygen atoms in total. The number of aromatic nitrogens is 2. The molecule has 0 saturated heterocycles. The molecule has 120 valence electrons.